The van der Waals surface area contributed by atoms with Gasteiger partial charge in [0.25, 0.3) is 0 Å². The van der Waals surface area contributed by atoms with Gasteiger partial charge in [-0.05, 0) is 55.0 Å². The molecule has 0 aliphatic carbocycles. The number of amides is 3. The molecule has 0 unspecified atom stereocenters. The van der Waals surface area contributed by atoms with Gasteiger partial charge in [-0.3, -0.25) is 10.1 Å². The lowest BCUT2D eigenvalue weighted by Crippen LogP contribution is -2.43. The SMILES string of the molecule is Cc1ccc(NC(=O)C2CCN(C(=O)Nc3cccs3)CC2)cc1Cl. The molecular formula is C18H20ClN3O2S. The van der Waals surface area contributed by atoms with Crippen molar-refractivity contribution in [2.45, 2.75) is 19.8 Å². The van der Waals surface area contributed by atoms with Crippen molar-refractivity contribution in [3.05, 3.63) is 46.3 Å². The fourth-order valence-electron chi connectivity index (χ4n) is 2.79. The van der Waals surface area contributed by atoms with Crippen LogP contribution >= 0.6 is 22.9 Å². The van der Waals surface area contributed by atoms with Crippen LogP contribution in [-0.4, -0.2) is 29.9 Å². The van der Waals surface area contributed by atoms with Crippen molar-refractivity contribution in [1.29, 1.82) is 0 Å². The second-order valence-electron chi connectivity index (χ2n) is 6.12. The number of hydrogen-bond donors (Lipinski definition) is 2. The third kappa shape index (κ3) is 4.52. The molecule has 0 spiro atoms. The highest BCUT2D eigenvalue weighted by Crippen LogP contribution is 2.24. The van der Waals surface area contributed by atoms with E-state index in [0.717, 1.165) is 10.6 Å². The normalized spacial score (nSPS) is 15.0. The van der Waals surface area contributed by atoms with Crippen molar-refractivity contribution >= 4 is 45.6 Å². The first-order chi connectivity index (χ1) is 12.0. The first-order valence-electron chi connectivity index (χ1n) is 8.19. The molecule has 2 N–H and O–H groups in total. The van der Waals surface area contributed by atoms with Crippen molar-refractivity contribution in [3.8, 4) is 0 Å². The van der Waals surface area contributed by atoms with E-state index >= 15 is 0 Å². The third-order valence-electron chi connectivity index (χ3n) is 4.34. The summed E-state index contributed by atoms with van der Waals surface area (Å²) in [6.07, 6.45) is 1.31. The van der Waals surface area contributed by atoms with Crippen LogP contribution < -0.4 is 10.6 Å². The highest BCUT2D eigenvalue weighted by Gasteiger charge is 2.27. The summed E-state index contributed by atoms with van der Waals surface area (Å²) in [5.41, 5.74) is 1.68. The van der Waals surface area contributed by atoms with Gasteiger partial charge in [0.2, 0.25) is 5.91 Å². The Morgan fingerprint density at radius 3 is 2.60 bits per heavy atom. The Hall–Kier alpha value is -2.05. The number of piperidine rings is 1. The minimum Gasteiger partial charge on any atom is -0.326 e. The van der Waals surface area contributed by atoms with Gasteiger partial charge in [0.1, 0.15) is 0 Å². The Bertz CT molecular complexity index is 756. The Balaban J connectivity index is 1.50. The van der Waals surface area contributed by atoms with Crippen LogP contribution in [0, 0.1) is 12.8 Å². The standard InChI is InChI=1S/C18H20ClN3O2S/c1-12-4-5-14(11-15(12)19)20-17(23)13-6-8-22(9-7-13)18(24)21-16-3-2-10-25-16/h2-5,10-11,13H,6-9H2,1H3,(H,20,23)(H,21,24). The van der Waals surface area contributed by atoms with Gasteiger partial charge >= 0.3 is 6.03 Å². The van der Waals surface area contributed by atoms with Crippen molar-refractivity contribution in [1.82, 2.24) is 4.90 Å². The molecule has 2 heterocycles. The van der Waals surface area contributed by atoms with Gasteiger partial charge in [0.15, 0.2) is 0 Å². The van der Waals surface area contributed by atoms with E-state index in [1.54, 1.807) is 11.0 Å². The van der Waals surface area contributed by atoms with E-state index in [9.17, 15) is 9.59 Å². The zero-order valence-electron chi connectivity index (χ0n) is 13.9. The molecule has 3 amide bonds. The van der Waals surface area contributed by atoms with Gasteiger partial charge in [-0.25, -0.2) is 4.79 Å². The van der Waals surface area contributed by atoms with Gasteiger partial charge < -0.3 is 10.2 Å². The number of likely N-dealkylation sites (tertiary alicyclic amines) is 1. The maximum Gasteiger partial charge on any atom is 0.322 e. The summed E-state index contributed by atoms with van der Waals surface area (Å²) in [6.45, 7) is 3.07. The predicted octanol–water partition coefficient (Wildman–Crippen LogP) is 4.59. The number of thiophene rings is 1. The van der Waals surface area contributed by atoms with E-state index in [4.69, 9.17) is 11.6 Å². The van der Waals surface area contributed by atoms with Crippen LogP contribution in [0.25, 0.3) is 0 Å². The molecule has 7 heteroatoms. The Morgan fingerprint density at radius 2 is 1.96 bits per heavy atom. The van der Waals surface area contributed by atoms with Crippen molar-refractivity contribution in [3.63, 3.8) is 0 Å². The zero-order chi connectivity index (χ0) is 17.8. The van der Waals surface area contributed by atoms with Crippen molar-refractivity contribution in [2.24, 2.45) is 5.92 Å². The molecular weight excluding hydrogens is 358 g/mol. The van der Waals surface area contributed by atoms with Crippen LogP contribution in [0.4, 0.5) is 15.5 Å². The van der Waals surface area contributed by atoms with E-state index in [-0.39, 0.29) is 17.9 Å². The topological polar surface area (TPSA) is 61.4 Å². The van der Waals surface area contributed by atoms with Crippen molar-refractivity contribution < 1.29 is 9.59 Å². The van der Waals surface area contributed by atoms with Crippen LogP contribution in [0.15, 0.2) is 35.7 Å². The second-order valence-corrected chi connectivity index (χ2v) is 7.48. The number of aryl methyl sites for hydroxylation is 1. The van der Waals surface area contributed by atoms with Crippen LogP contribution in [0.3, 0.4) is 0 Å². The lowest BCUT2D eigenvalue weighted by molar-refractivity contribution is -0.121. The summed E-state index contributed by atoms with van der Waals surface area (Å²) in [7, 11) is 0. The highest BCUT2D eigenvalue weighted by atomic mass is 35.5. The molecule has 2 aromatic rings. The summed E-state index contributed by atoms with van der Waals surface area (Å²) in [5, 5.41) is 9.19. The molecule has 1 fully saturated rings. The van der Waals surface area contributed by atoms with E-state index in [1.165, 1.54) is 11.3 Å². The fraction of sp³-hybridized carbons (Fsp3) is 0.333. The minimum atomic E-state index is -0.105. The van der Waals surface area contributed by atoms with Crippen LogP contribution in [0.5, 0.6) is 0 Å². The zero-order valence-corrected chi connectivity index (χ0v) is 15.5. The van der Waals surface area contributed by atoms with Crippen LogP contribution in [0.2, 0.25) is 5.02 Å². The number of nitrogens with zero attached hydrogens (tertiary/aromatic N) is 1. The van der Waals surface area contributed by atoms with Crippen molar-refractivity contribution in [2.75, 3.05) is 23.7 Å². The van der Waals surface area contributed by atoms with E-state index in [0.29, 0.717) is 36.6 Å². The Kier molecular flexibility index (Phi) is 5.60. The van der Waals surface area contributed by atoms with E-state index < -0.39 is 0 Å². The van der Waals surface area contributed by atoms with Gasteiger partial charge in [0.05, 0.1) is 5.00 Å². The maximum atomic E-state index is 12.4. The number of hydrogen-bond acceptors (Lipinski definition) is 3. The molecule has 25 heavy (non-hydrogen) atoms. The molecule has 0 saturated carbocycles. The van der Waals surface area contributed by atoms with E-state index in [1.807, 2.05) is 36.6 Å². The first-order valence-corrected chi connectivity index (χ1v) is 9.45. The maximum absolute atomic E-state index is 12.4. The number of benzene rings is 1. The number of halogens is 1. The quantitative estimate of drug-likeness (QED) is 0.821. The molecule has 132 valence electrons. The lowest BCUT2D eigenvalue weighted by atomic mass is 9.96. The lowest BCUT2D eigenvalue weighted by Gasteiger charge is -2.31. The Labute approximate surface area is 156 Å². The number of nitrogens with one attached hydrogen (secondary N) is 2. The second kappa shape index (κ2) is 7.89. The molecule has 1 aliphatic rings. The molecule has 1 aliphatic heterocycles. The van der Waals surface area contributed by atoms with Gasteiger partial charge in [-0.2, -0.15) is 0 Å². The number of urea groups is 1. The molecule has 0 radical (unpaired) electrons. The molecule has 1 aromatic heterocycles. The fourth-order valence-corrected chi connectivity index (χ4v) is 3.58. The summed E-state index contributed by atoms with van der Waals surface area (Å²) < 4.78 is 0. The summed E-state index contributed by atoms with van der Waals surface area (Å²) in [6, 6.07) is 9.16. The largest absolute Gasteiger partial charge is 0.326 e. The van der Waals surface area contributed by atoms with Gasteiger partial charge in [-0.1, -0.05) is 17.7 Å². The van der Waals surface area contributed by atoms with Crippen LogP contribution in [-0.2, 0) is 4.79 Å². The number of rotatable bonds is 3. The summed E-state index contributed by atoms with van der Waals surface area (Å²) >= 11 is 7.58. The number of anilines is 2. The summed E-state index contributed by atoms with van der Waals surface area (Å²) in [4.78, 5) is 26.4. The third-order valence-corrected chi connectivity index (χ3v) is 5.54. The molecule has 5 nitrogen and oxygen atoms in total. The number of carbonyl (C=O) groups is 2. The van der Waals surface area contributed by atoms with E-state index in [2.05, 4.69) is 10.6 Å². The smallest absolute Gasteiger partial charge is 0.322 e. The van der Waals surface area contributed by atoms with Crippen LogP contribution in [0.1, 0.15) is 18.4 Å². The van der Waals surface area contributed by atoms with Gasteiger partial charge in [-0.15, -0.1) is 11.3 Å². The predicted molar refractivity (Wildman–Crippen MR) is 102 cm³/mol. The highest BCUT2D eigenvalue weighted by molar-refractivity contribution is 7.14. The average Bonchev–Trinajstić information content (AvgIpc) is 3.11. The molecule has 0 bridgehead atoms. The monoisotopic (exact) mass is 377 g/mol. The minimum absolute atomic E-state index is 0.0155. The molecule has 1 aromatic carbocycles. The number of carbonyl (C=O) groups excluding carboxylic acids is 2. The van der Waals surface area contributed by atoms with Gasteiger partial charge in [0, 0.05) is 29.7 Å². The average molecular weight is 378 g/mol. The molecule has 0 atom stereocenters. The molecule has 3 rings (SSSR count). The first kappa shape index (κ1) is 17.8. The Morgan fingerprint density at radius 1 is 1.20 bits per heavy atom. The summed E-state index contributed by atoms with van der Waals surface area (Å²) in [5.74, 6) is -0.107. The molecule has 1 saturated heterocycles.